The minimum absolute atomic E-state index is 0.234. The molecular formula is C55H65F10N13O19. The lowest BCUT2D eigenvalue weighted by Crippen LogP contribution is -2.47. The van der Waals surface area contributed by atoms with Gasteiger partial charge in [-0.15, -0.1) is 0 Å². The van der Waals surface area contributed by atoms with Crippen LogP contribution in [0.2, 0.25) is 0 Å². The number of fused-ring (bicyclic) bond motifs is 4. The van der Waals surface area contributed by atoms with Gasteiger partial charge in [0.05, 0.1) is 67.7 Å². The average molecular weight is 1400 g/mol. The number of hydrogen-bond donors (Lipinski definition) is 7. The molecule has 0 aromatic carbocycles. The van der Waals surface area contributed by atoms with Gasteiger partial charge in [0.15, 0.2) is 0 Å². The number of hydrogen-bond acceptors (Lipinski definition) is 21. The van der Waals surface area contributed by atoms with Crippen LogP contribution < -0.4 is 55.3 Å². The monoisotopic (exact) mass is 1400 g/mol. The van der Waals surface area contributed by atoms with Crippen LogP contribution in [0.15, 0.2) is 110 Å². The third-order valence-electron chi connectivity index (χ3n) is 18.0. The quantitative estimate of drug-likeness (QED) is 0.0309. The molecule has 534 valence electrons. The Kier molecular flexibility index (Phi) is 22.2. The molecule has 0 radical (unpaired) electrons. The number of nitrogens with zero attached hydrogens (tertiary/aromatic N) is 9. The molecule has 42 heteroatoms. The molecule has 97 heavy (non-hydrogen) atoms. The van der Waals surface area contributed by atoms with Gasteiger partial charge < -0.3 is 48.5 Å². The SMILES string of the molecule is CCC1(CC)O[C@@H](n2ccc(=O)[nH]c2=O)C(F)(F)[C@@H]1C.C[C@@H]1C(CO)(CO)O[C@@H](n2ccc(=O)[nH]c2=O)C1(F)F.C[C@@H]1[C@@H](C=O)O[C@@H](n2ccc(=O)[nH]c2=O)C1(F)F.C[C@@H]1[C@@H](CO)O[C@@H](n2ccc(=O)[nH]c2=O)C1(F)F.C[C@H]1C(F)(F)[C@H]2O[C@]1(CN=[N+]=[N-])COc1nc(=O)ccn12. The predicted molar refractivity (Wildman–Crippen MR) is 308 cm³/mol. The number of carbonyl (C=O) groups is 1. The molecular weight excluding hydrogens is 1340 g/mol. The number of halogens is 10. The lowest BCUT2D eigenvalue weighted by Gasteiger charge is -2.31. The zero-order valence-electron chi connectivity index (χ0n) is 51.9. The molecule has 0 aliphatic carbocycles. The molecule has 5 saturated heterocycles. The summed E-state index contributed by atoms with van der Waals surface area (Å²) in [5.74, 6) is -23.0. The first kappa shape index (κ1) is 75.7. The normalized spacial score (nSPS) is 29.7. The minimum atomic E-state index is -3.51. The maximum atomic E-state index is 14.5. The van der Waals surface area contributed by atoms with Gasteiger partial charge in [-0.05, 0) is 18.4 Å². The van der Waals surface area contributed by atoms with Gasteiger partial charge in [0, 0.05) is 66.2 Å². The number of nitrogens with one attached hydrogen (secondary N) is 4. The Hall–Kier alpha value is -8.64. The van der Waals surface area contributed by atoms with Gasteiger partial charge in [0.1, 0.15) is 30.2 Å². The van der Waals surface area contributed by atoms with Gasteiger partial charge in [0.25, 0.3) is 57.4 Å². The Morgan fingerprint density at radius 2 is 0.928 bits per heavy atom. The van der Waals surface area contributed by atoms with Crippen LogP contribution in [0.3, 0.4) is 0 Å². The smallest absolute Gasteiger partial charge is 0.330 e. The molecule has 13 atom stereocenters. The van der Waals surface area contributed by atoms with Crippen LogP contribution in [-0.4, -0.2) is 161 Å². The first-order chi connectivity index (χ1) is 45.2. The van der Waals surface area contributed by atoms with E-state index < -0.39 is 190 Å². The second-order valence-corrected chi connectivity index (χ2v) is 23.2. The third-order valence-corrected chi connectivity index (χ3v) is 18.0. The number of aromatic nitrogens is 10. The Bertz CT molecular complexity index is 4170. The Morgan fingerprint density at radius 1 is 0.546 bits per heavy atom. The van der Waals surface area contributed by atoms with Crippen LogP contribution in [0, 0.1) is 29.6 Å². The number of aliphatic hydroxyl groups is 3. The van der Waals surface area contributed by atoms with E-state index in [0.29, 0.717) is 26.5 Å². The van der Waals surface area contributed by atoms with Crippen molar-refractivity contribution < 1.29 is 92.4 Å². The van der Waals surface area contributed by atoms with Crippen molar-refractivity contribution in [2.45, 2.75) is 151 Å². The minimum Gasteiger partial charge on any atom is -0.461 e. The molecule has 0 unspecified atom stereocenters. The number of ether oxygens (including phenoxy) is 6. The number of alkyl halides is 10. The summed E-state index contributed by atoms with van der Waals surface area (Å²) < 4.78 is 177. The fourth-order valence-corrected chi connectivity index (χ4v) is 11.4. The molecule has 0 saturated carbocycles. The standard InChI is InChI=1S/C13H18F2N2O3.C11H11F2N5O3.C11H14F2N2O5.C10H12F2N2O4.C10H10F2N2O4/c1-4-12(5-2)8(3)13(14,15)10(20-12)17-7-6-9(18)16-11(17)19;1-6-10(4-15-17-14)5-20-9-16-7(19)2-3-18(9)8(21-10)11(6,12)13;1-6-10(4-16,5-17)20-8(11(6,12)13)15-3-2-7(18)14-9(15)19;2*1-5-6(4-15)18-8(10(5,11)12)14-3-2-7(16)13-9(14)17/h6-8,10H,4-5H2,1-3H3,(H,16,18,19);2-3,6,8H,4-5H2,1H3;2-3,6,8,16-17H,4-5H2,1H3,(H,14,18,19);2-3,5-6,8,15H,4H2,1H3,(H,13,16,17);2-6,8H,1H3,(H,13,16,17)/t8-,10-;6-,8-,10-;6-,8-;2*5-,6-,8-/m11111/s1. The maximum absolute atomic E-state index is 14.5. The highest BCUT2D eigenvalue weighted by molar-refractivity contribution is 5.57. The second-order valence-electron chi connectivity index (χ2n) is 23.2. The van der Waals surface area contributed by atoms with Gasteiger partial charge in [-0.3, -0.25) is 66.7 Å². The van der Waals surface area contributed by atoms with E-state index in [1.165, 1.54) is 20.8 Å². The highest BCUT2D eigenvalue weighted by Crippen LogP contribution is 2.56. The summed E-state index contributed by atoms with van der Waals surface area (Å²) in [6, 6.07) is 4.64. The van der Waals surface area contributed by atoms with Crippen molar-refractivity contribution in [1.29, 1.82) is 0 Å². The van der Waals surface area contributed by atoms with Crippen LogP contribution in [0.25, 0.3) is 10.4 Å². The number of aldehydes is 1. The summed E-state index contributed by atoms with van der Waals surface area (Å²) in [6.07, 6.45) is -5.34. The van der Waals surface area contributed by atoms with Crippen molar-refractivity contribution in [3.05, 3.63) is 165 Å². The van der Waals surface area contributed by atoms with Crippen LogP contribution in [0.5, 0.6) is 6.01 Å². The molecule has 2 bridgehead atoms. The lowest BCUT2D eigenvalue weighted by molar-refractivity contribution is -0.154. The highest BCUT2D eigenvalue weighted by atomic mass is 19.3. The summed E-state index contributed by atoms with van der Waals surface area (Å²) in [6.45, 7) is 7.04. The maximum Gasteiger partial charge on any atom is 0.330 e. The molecule has 5 fully saturated rings. The predicted octanol–water partition coefficient (Wildman–Crippen LogP) is 2.04. The second kappa shape index (κ2) is 28.4. The van der Waals surface area contributed by atoms with E-state index in [2.05, 4.69) is 15.0 Å². The van der Waals surface area contributed by atoms with Crippen LogP contribution >= 0.6 is 0 Å². The van der Waals surface area contributed by atoms with E-state index >= 15 is 0 Å². The molecule has 5 aromatic rings. The Labute approximate surface area is 535 Å². The average Bonchev–Trinajstić information content (AvgIpc) is 1.59. The number of aromatic amines is 4. The summed E-state index contributed by atoms with van der Waals surface area (Å²) in [7, 11) is 0. The van der Waals surface area contributed by atoms with Gasteiger partial charge in [-0.2, -0.15) is 4.98 Å². The number of carbonyl (C=O) groups excluding carboxylic acids is 1. The molecule has 32 nitrogen and oxygen atoms in total. The zero-order chi connectivity index (χ0) is 72.5. The molecule has 11 heterocycles. The largest absolute Gasteiger partial charge is 0.461 e. The summed E-state index contributed by atoms with van der Waals surface area (Å²) in [4.78, 5) is 125. The van der Waals surface area contributed by atoms with Crippen LogP contribution in [-0.2, 0) is 28.5 Å². The molecule has 0 amide bonds. The first-order valence-corrected chi connectivity index (χ1v) is 29.2. The summed E-state index contributed by atoms with van der Waals surface area (Å²) >= 11 is 0. The van der Waals surface area contributed by atoms with Crippen molar-refractivity contribution in [2.24, 2.45) is 34.7 Å². The van der Waals surface area contributed by atoms with Gasteiger partial charge in [0.2, 0.25) is 31.1 Å². The van der Waals surface area contributed by atoms with E-state index in [1.807, 2.05) is 19.9 Å². The molecule has 7 N–H and O–H groups in total. The Balaban J connectivity index is 0.000000171. The molecule has 5 aromatic heterocycles. The van der Waals surface area contributed by atoms with E-state index in [4.69, 9.17) is 39.1 Å². The number of rotatable bonds is 12. The van der Waals surface area contributed by atoms with Crippen molar-refractivity contribution in [2.75, 3.05) is 33.0 Å². The van der Waals surface area contributed by atoms with E-state index in [0.717, 1.165) is 84.3 Å². The van der Waals surface area contributed by atoms with E-state index in [1.54, 1.807) is 13.8 Å². The number of azide groups is 1. The highest BCUT2D eigenvalue weighted by Gasteiger charge is 2.68. The fourth-order valence-electron chi connectivity index (χ4n) is 11.4. The van der Waals surface area contributed by atoms with Crippen molar-refractivity contribution in [3.63, 3.8) is 0 Å². The van der Waals surface area contributed by atoms with E-state index in [9.17, 15) is 102 Å². The van der Waals surface area contributed by atoms with Gasteiger partial charge in [-0.25, -0.2) is 63.1 Å². The topological polar surface area (TPSA) is 436 Å². The van der Waals surface area contributed by atoms with Gasteiger partial charge in [-0.1, -0.05) is 53.6 Å². The third kappa shape index (κ3) is 14.1. The molecule has 6 aliphatic heterocycles. The Morgan fingerprint density at radius 3 is 1.29 bits per heavy atom. The molecule has 6 aliphatic rings. The summed E-state index contributed by atoms with van der Waals surface area (Å²) in [5.41, 5.74) is -3.11. The van der Waals surface area contributed by atoms with Crippen molar-refractivity contribution in [1.82, 2.24) is 47.8 Å². The zero-order valence-corrected chi connectivity index (χ0v) is 51.9. The first-order valence-electron chi connectivity index (χ1n) is 29.2. The summed E-state index contributed by atoms with van der Waals surface area (Å²) in [5, 5.41) is 30.8. The fraction of sp³-hybridized carbons (Fsp3) is 0.618. The van der Waals surface area contributed by atoms with E-state index in [-0.39, 0.29) is 25.4 Å². The van der Waals surface area contributed by atoms with Crippen molar-refractivity contribution in [3.8, 4) is 6.01 Å². The van der Waals surface area contributed by atoms with Crippen LogP contribution in [0.1, 0.15) is 92.4 Å². The van der Waals surface area contributed by atoms with Gasteiger partial charge >= 0.3 is 28.8 Å². The van der Waals surface area contributed by atoms with Crippen molar-refractivity contribution >= 4 is 6.29 Å². The number of H-pyrrole nitrogens is 4. The lowest BCUT2D eigenvalue weighted by atomic mass is 9.82. The molecule has 11 rings (SSSR count). The number of aliphatic hydroxyl groups excluding tert-OH is 3. The van der Waals surface area contributed by atoms with Crippen LogP contribution in [0.4, 0.5) is 43.9 Å². The molecule has 0 spiro atoms.